The standard InChI is InChI=1S/C18H17FO3/c19-13-7-9-17-15(10-13)16(18(20)21)11-14(22-17)8-6-12-4-2-1-3-5-12/h1-5,7,9-10,14,16H,6,8,11H2,(H,20,21). The third kappa shape index (κ3) is 3.11. The first-order valence-corrected chi connectivity index (χ1v) is 7.36. The summed E-state index contributed by atoms with van der Waals surface area (Å²) in [6.07, 6.45) is 1.77. The molecule has 3 rings (SSSR count). The molecule has 0 aliphatic carbocycles. The number of fused-ring (bicyclic) bond motifs is 1. The molecule has 0 saturated carbocycles. The Labute approximate surface area is 128 Å². The second-order valence-corrected chi connectivity index (χ2v) is 5.57. The van der Waals surface area contributed by atoms with Crippen molar-refractivity contribution in [2.45, 2.75) is 31.3 Å². The lowest BCUT2D eigenvalue weighted by Gasteiger charge is -2.30. The van der Waals surface area contributed by atoms with Crippen molar-refractivity contribution in [3.05, 3.63) is 65.5 Å². The molecule has 1 aliphatic heterocycles. The van der Waals surface area contributed by atoms with Crippen LogP contribution in [0.3, 0.4) is 0 Å². The second-order valence-electron chi connectivity index (χ2n) is 5.57. The minimum atomic E-state index is -0.931. The summed E-state index contributed by atoms with van der Waals surface area (Å²) in [6.45, 7) is 0. The molecule has 2 aromatic rings. The molecule has 2 aromatic carbocycles. The molecule has 1 N–H and O–H groups in total. The Balaban J connectivity index is 1.76. The van der Waals surface area contributed by atoms with Crippen molar-refractivity contribution in [1.82, 2.24) is 0 Å². The largest absolute Gasteiger partial charge is 0.490 e. The third-order valence-electron chi connectivity index (χ3n) is 4.04. The van der Waals surface area contributed by atoms with Crippen molar-refractivity contribution in [3.8, 4) is 5.75 Å². The van der Waals surface area contributed by atoms with Crippen LogP contribution in [-0.4, -0.2) is 17.2 Å². The van der Waals surface area contributed by atoms with Crippen LogP contribution in [0.15, 0.2) is 48.5 Å². The maximum atomic E-state index is 13.3. The maximum Gasteiger partial charge on any atom is 0.311 e. The fraction of sp³-hybridized carbons (Fsp3) is 0.278. The number of aliphatic carboxylic acids is 1. The SMILES string of the molecule is O=C(O)C1CC(CCc2ccccc2)Oc2ccc(F)cc21. The first-order valence-electron chi connectivity index (χ1n) is 7.36. The zero-order chi connectivity index (χ0) is 15.5. The summed E-state index contributed by atoms with van der Waals surface area (Å²) >= 11 is 0. The van der Waals surface area contributed by atoms with Gasteiger partial charge in [-0.05, 0) is 36.6 Å². The Kier molecular flexibility index (Phi) is 4.09. The number of benzene rings is 2. The fourth-order valence-corrected chi connectivity index (χ4v) is 2.90. The Morgan fingerprint density at radius 3 is 2.73 bits per heavy atom. The topological polar surface area (TPSA) is 46.5 Å². The lowest BCUT2D eigenvalue weighted by Crippen LogP contribution is -2.30. The number of carboxylic acid groups (broad SMARTS) is 1. The molecule has 1 heterocycles. The molecule has 0 spiro atoms. The van der Waals surface area contributed by atoms with Gasteiger partial charge in [-0.1, -0.05) is 30.3 Å². The van der Waals surface area contributed by atoms with Crippen LogP contribution in [0.2, 0.25) is 0 Å². The predicted octanol–water partition coefficient (Wildman–Crippen LogP) is 3.78. The van der Waals surface area contributed by atoms with Gasteiger partial charge in [0, 0.05) is 12.0 Å². The van der Waals surface area contributed by atoms with Gasteiger partial charge < -0.3 is 9.84 Å². The van der Waals surface area contributed by atoms with E-state index in [9.17, 15) is 14.3 Å². The number of hydrogen-bond acceptors (Lipinski definition) is 2. The molecule has 1 aliphatic rings. The lowest BCUT2D eigenvalue weighted by atomic mass is 9.88. The number of carboxylic acids is 1. The Hall–Kier alpha value is -2.36. The summed E-state index contributed by atoms with van der Waals surface area (Å²) in [6, 6.07) is 14.1. The highest BCUT2D eigenvalue weighted by Crippen LogP contribution is 2.38. The van der Waals surface area contributed by atoms with Crippen molar-refractivity contribution < 1.29 is 19.0 Å². The van der Waals surface area contributed by atoms with Gasteiger partial charge in [0.15, 0.2) is 0 Å². The van der Waals surface area contributed by atoms with E-state index in [4.69, 9.17) is 4.74 Å². The molecule has 4 heteroatoms. The van der Waals surface area contributed by atoms with Gasteiger partial charge in [0.1, 0.15) is 17.7 Å². The van der Waals surface area contributed by atoms with Gasteiger partial charge in [0.05, 0.1) is 5.92 Å². The number of halogens is 1. The molecule has 114 valence electrons. The summed E-state index contributed by atoms with van der Waals surface area (Å²) in [7, 11) is 0. The number of aryl methyl sites for hydroxylation is 1. The van der Waals surface area contributed by atoms with E-state index in [0.717, 1.165) is 12.8 Å². The lowest BCUT2D eigenvalue weighted by molar-refractivity contribution is -0.140. The van der Waals surface area contributed by atoms with Crippen LogP contribution in [-0.2, 0) is 11.2 Å². The van der Waals surface area contributed by atoms with E-state index in [1.165, 1.54) is 23.8 Å². The summed E-state index contributed by atoms with van der Waals surface area (Å²) < 4.78 is 19.2. The average Bonchev–Trinajstić information content (AvgIpc) is 2.53. The average molecular weight is 300 g/mol. The first kappa shape index (κ1) is 14.6. The number of ether oxygens (including phenoxy) is 1. The summed E-state index contributed by atoms with van der Waals surface area (Å²) in [4.78, 5) is 11.5. The second kappa shape index (κ2) is 6.18. The molecule has 2 unspecified atom stereocenters. The van der Waals surface area contributed by atoms with Crippen LogP contribution in [0.25, 0.3) is 0 Å². The number of rotatable bonds is 4. The summed E-state index contributed by atoms with van der Waals surface area (Å²) in [5.41, 5.74) is 1.63. The van der Waals surface area contributed by atoms with Crippen molar-refractivity contribution in [1.29, 1.82) is 0 Å². The molecule has 3 nitrogen and oxygen atoms in total. The number of hydrogen-bond donors (Lipinski definition) is 1. The van der Waals surface area contributed by atoms with E-state index < -0.39 is 17.7 Å². The highest BCUT2D eigenvalue weighted by molar-refractivity contribution is 5.77. The van der Waals surface area contributed by atoms with Gasteiger partial charge in [-0.3, -0.25) is 4.79 Å². The van der Waals surface area contributed by atoms with Gasteiger partial charge in [0.25, 0.3) is 0 Å². The van der Waals surface area contributed by atoms with E-state index in [0.29, 0.717) is 17.7 Å². The van der Waals surface area contributed by atoms with Crippen LogP contribution in [0, 0.1) is 5.82 Å². The zero-order valence-electron chi connectivity index (χ0n) is 12.0. The van der Waals surface area contributed by atoms with Gasteiger partial charge in [-0.15, -0.1) is 0 Å². The Bertz CT molecular complexity index is 669. The highest BCUT2D eigenvalue weighted by Gasteiger charge is 2.33. The van der Waals surface area contributed by atoms with Crippen LogP contribution < -0.4 is 4.74 Å². The van der Waals surface area contributed by atoms with E-state index in [1.54, 1.807) is 0 Å². The van der Waals surface area contributed by atoms with Crippen molar-refractivity contribution >= 4 is 5.97 Å². The Morgan fingerprint density at radius 1 is 1.23 bits per heavy atom. The molecule has 22 heavy (non-hydrogen) atoms. The summed E-state index contributed by atoms with van der Waals surface area (Å²) in [5, 5.41) is 9.40. The van der Waals surface area contributed by atoms with Crippen molar-refractivity contribution in [2.75, 3.05) is 0 Å². The van der Waals surface area contributed by atoms with E-state index in [1.807, 2.05) is 30.3 Å². The smallest absolute Gasteiger partial charge is 0.311 e. The molecule has 0 amide bonds. The zero-order valence-corrected chi connectivity index (χ0v) is 12.0. The van der Waals surface area contributed by atoms with E-state index in [-0.39, 0.29) is 6.10 Å². The quantitative estimate of drug-likeness (QED) is 0.934. The molecule has 0 bridgehead atoms. The van der Waals surface area contributed by atoms with Gasteiger partial charge in [0.2, 0.25) is 0 Å². The van der Waals surface area contributed by atoms with Crippen LogP contribution in [0.4, 0.5) is 4.39 Å². The fourth-order valence-electron chi connectivity index (χ4n) is 2.90. The molecule has 0 saturated heterocycles. The van der Waals surface area contributed by atoms with E-state index in [2.05, 4.69) is 0 Å². The normalized spacial score (nSPS) is 20.0. The van der Waals surface area contributed by atoms with Crippen LogP contribution in [0.1, 0.15) is 29.9 Å². The number of carbonyl (C=O) groups is 1. The highest BCUT2D eigenvalue weighted by atomic mass is 19.1. The maximum absolute atomic E-state index is 13.3. The monoisotopic (exact) mass is 300 g/mol. The van der Waals surface area contributed by atoms with Crippen LogP contribution in [0.5, 0.6) is 5.75 Å². The van der Waals surface area contributed by atoms with Gasteiger partial charge in [-0.2, -0.15) is 0 Å². The Morgan fingerprint density at radius 2 is 2.00 bits per heavy atom. The molecule has 0 aromatic heterocycles. The molecule has 0 fully saturated rings. The van der Waals surface area contributed by atoms with Crippen molar-refractivity contribution in [2.24, 2.45) is 0 Å². The molecule has 2 atom stereocenters. The predicted molar refractivity (Wildman–Crippen MR) is 80.6 cm³/mol. The third-order valence-corrected chi connectivity index (χ3v) is 4.04. The minimum Gasteiger partial charge on any atom is -0.490 e. The van der Waals surface area contributed by atoms with E-state index >= 15 is 0 Å². The van der Waals surface area contributed by atoms with Gasteiger partial charge in [-0.25, -0.2) is 4.39 Å². The van der Waals surface area contributed by atoms with Crippen LogP contribution >= 0.6 is 0 Å². The molecular weight excluding hydrogens is 283 g/mol. The minimum absolute atomic E-state index is 0.167. The molecule has 0 radical (unpaired) electrons. The van der Waals surface area contributed by atoms with Crippen molar-refractivity contribution in [3.63, 3.8) is 0 Å². The van der Waals surface area contributed by atoms with Gasteiger partial charge >= 0.3 is 5.97 Å². The molecular formula is C18H17FO3. The first-order chi connectivity index (χ1) is 10.6. The summed E-state index contributed by atoms with van der Waals surface area (Å²) in [5.74, 6) is -1.59.